The van der Waals surface area contributed by atoms with Crippen LogP contribution in [0.25, 0.3) is 0 Å². The third-order valence-corrected chi connectivity index (χ3v) is 7.21. The summed E-state index contributed by atoms with van der Waals surface area (Å²) in [6.07, 6.45) is -7.32. The zero-order valence-corrected chi connectivity index (χ0v) is 27.0. The second-order valence-corrected chi connectivity index (χ2v) is 11.5. The number of guanidine groups is 1. The van der Waals surface area contributed by atoms with Gasteiger partial charge in [-0.25, -0.2) is 4.79 Å². The zero-order chi connectivity index (χ0) is 34.1. The molecule has 1 unspecified atom stereocenters. The molecule has 252 valence electrons. The summed E-state index contributed by atoms with van der Waals surface area (Å²) >= 11 is 0. The van der Waals surface area contributed by atoms with Gasteiger partial charge in [0.05, 0.1) is 22.9 Å². The number of nitrogens with one attached hydrogen (secondary N) is 1. The van der Waals surface area contributed by atoms with E-state index in [-0.39, 0.29) is 36.8 Å². The summed E-state index contributed by atoms with van der Waals surface area (Å²) < 4.78 is 86.6. The molecule has 2 rings (SSSR count). The van der Waals surface area contributed by atoms with E-state index in [1.54, 1.807) is 25.7 Å². The van der Waals surface area contributed by atoms with E-state index in [0.717, 1.165) is 41.6 Å². The smallest absolute Gasteiger partial charge is 0.416 e. The van der Waals surface area contributed by atoms with E-state index >= 15 is 0 Å². The molecule has 0 saturated carbocycles. The Bertz CT molecular complexity index is 1280. The Labute approximate surface area is 261 Å². The number of aryl methyl sites for hydroxylation is 3. The highest BCUT2D eigenvalue weighted by atomic mass is 19.4. The Hall–Kier alpha value is -3.64. The van der Waals surface area contributed by atoms with E-state index in [1.807, 2.05) is 19.9 Å². The summed E-state index contributed by atoms with van der Waals surface area (Å²) in [6.45, 7) is 11.2. The van der Waals surface area contributed by atoms with Crippen molar-refractivity contribution in [2.24, 2.45) is 10.8 Å². The number of amides is 1. The first-order valence-electron chi connectivity index (χ1n) is 15.0. The standard InChI is InChI=1S/C32H45F6N5O2/c1-8-9-12-25-15-21(4)14-22(5)28(25)42(30(44)45-20(2)3)13-10-11-23(6)43(29(39)41-40-7)19-24-16-26(31(33,34)35)18-27(17-24)32(36,37)38/h14-18,20,23,40H,8-13,19H2,1-7H3,(H2,39,41). The number of halogens is 6. The van der Waals surface area contributed by atoms with Gasteiger partial charge in [0.15, 0.2) is 0 Å². The molecule has 7 nitrogen and oxygen atoms in total. The van der Waals surface area contributed by atoms with Crippen LogP contribution in [0.3, 0.4) is 0 Å². The van der Waals surface area contributed by atoms with E-state index in [2.05, 4.69) is 23.5 Å². The van der Waals surface area contributed by atoms with Crippen LogP contribution in [0.4, 0.5) is 36.8 Å². The third-order valence-electron chi connectivity index (χ3n) is 7.21. The van der Waals surface area contributed by atoms with Crippen LogP contribution in [0.2, 0.25) is 0 Å². The maximum atomic E-state index is 13.5. The van der Waals surface area contributed by atoms with Crippen molar-refractivity contribution < 1.29 is 35.9 Å². The maximum Gasteiger partial charge on any atom is 0.416 e. The van der Waals surface area contributed by atoms with Gasteiger partial charge in [0.1, 0.15) is 0 Å². The van der Waals surface area contributed by atoms with Crippen LogP contribution in [0.15, 0.2) is 35.4 Å². The first-order valence-corrected chi connectivity index (χ1v) is 15.0. The molecule has 3 N–H and O–H groups in total. The molecule has 1 amide bonds. The molecule has 0 spiro atoms. The number of hydrogen-bond acceptors (Lipinski definition) is 4. The van der Waals surface area contributed by atoms with E-state index in [1.165, 1.54) is 11.9 Å². The van der Waals surface area contributed by atoms with Gasteiger partial charge in [0.2, 0.25) is 5.96 Å². The lowest BCUT2D eigenvalue weighted by molar-refractivity contribution is -0.143. The van der Waals surface area contributed by atoms with Gasteiger partial charge < -0.3 is 20.8 Å². The molecule has 0 saturated heterocycles. The number of hydrazone groups is 1. The van der Waals surface area contributed by atoms with Gasteiger partial charge in [0, 0.05) is 26.2 Å². The summed E-state index contributed by atoms with van der Waals surface area (Å²) in [5.74, 6) is -0.108. The summed E-state index contributed by atoms with van der Waals surface area (Å²) in [7, 11) is 1.47. The number of rotatable bonds is 13. The van der Waals surface area contributed by atoms with Gasteiger partial charge in [-0.05, 0) is 95.2 Å². The predicted octanol–water partition coefficient (Wildman–Crippen LogP) is 8.16. The number of hydrogen-bond donors (Lipinski definition) is 2. The minimum Gasteiger partial charge on any atom is -0.446 e. The molecule has 2 aromatic rings. The molecular weight excluding hydrogens is 600 g/mol. The van der Waals surface area contributed by atoms with Crippen LogP contribution in [-0.4, -0.2) is 42.7 Å². The fourth-order valence-electron chi connectivity index (χ4n) is 5.20. The minimum atomic E-state index is -4.98. The van der Waals surface area contributed by atoms with Crippen molar-refractivity contribution in [3.8, 4) is 0 Å². The van der Waals surface area contributed by atoms with E-state index < -0.39 is 35.6 Å². The Morgan fingerprint density at radius 2 is 1.58 bits per heavy atom. The summed E-state index contributed by atoms with van der Waals surface area (Å²) in [6, 6.07) is 5.05. The second kappa shape index (κ2) is 16.1. The van der Waals surface area contributed by atoms with E-state index in [0.29, 0.717) is 25.0 Å². The predicted molar refractivity (Wildman–Crippen MR) is 165 cm³/mol. The lowest BCUT2D eigenvalue weighted by Crippen LogP contribution is -2.44. The van der Waals surface area contributed by atoms with Gasteiger partial charge in [-0.1, -0.05) is 31.0 Å². The molecular formula is C32H45F6N5O2. The molecule has 0 bridgehead atoms. The number of nitrogens with zero attached hydrogens (tertiary/aromatic N) is 3. The van der Waals surface area contributed by atoms with Crippen molar-refractivity contribution >= 4 is 17.7 Å². The Morgan fingerprint density at radius 3 is 2.09 bits per heavy atom. The van der Waals surface area contributed by atoms with Gasteiger partial charge >= 0.3 is 18.4 Å². The van der Waals surface area contributed by atoms with Crippen LogP contribution in [-0.2, 0) is 30.1 Å². The third kappa shape index (κ3) is 11.0. The van der Waals surface area contributed by atoms with Crippen LogP contribution < -0.4 is 16.1 Å². The number of carbonyl (C=O) groups excluding carboxylic acids is 1. The molecule has 0 heterocycles. The second-order valence-electron chi connectivity index (χ2n) is 11.5. The number of carbonyl (C=O) groups is 1. The zero-order valence-electron chi connectivity index (χ0n) is 27.0. The lowest BCUT2D eigenvalue weighted by Gasteiger charge is -2.32. The van der Waals surface area contributed by atoms with Crippen LogP contribution in [0.5, 0.6) is 0 Å². The summed E-state index contributed by atoms with van der Waals surface area (Å²) in [5.41, 5.74) is 9.42. The van der Waals surface area contributed by atoms with Crippen molar-refractivity contribution in [1.29, 1.82) is 0 Å². The highest BCUT2D eigenvalue weighted by Gasteiger charge is 2.37. The van der Waals surface area contributed by atoms with E-state index in [9.17, 15) is 31.1 Å². The molecule has 2 aromatic carbocycles. The largest absolute Gasteiger partial charge is 0.446 e. The Kier molecular flexibility index (Phi) is 13.4. The van der Waals surface area contributed by atoms with Crippen molar-refractivity contribution in [2.45, 2.75) is 105 Å². The van der Waals surface area contributed by atoms with Crippen molar-refractivity contribution in [2.75, 3.05) is 18.5 Å². The molecule has 0 aliphatic carbocycles. The van der Waals surface area contributed by atoms with Gasteiger partial charge in [-0.3, -0.25) is 4.90 Å². The minimum absolute atomic E-state index is 0.0922. The molecule has 0 aliphatic rings. The van der Waals surface area contributed by atoms with Crippen LogP contribution in [0, 0.1) is 13.8 Å². The first-order chi connectivity index (χ1) is 20.9. The number of alkyl halides is 6. The number of benzene rings is 2. The normalized spacial score (nSPS) is 13.2. The Balaban J connectivity index is 2.41. The number of nitrogens with two attached hydrogens (primary N) is 1. The van der Waals surface area contributed by atoms with Crippen LogP contribution >= 0.6 is 0 Å². The maximum absolute atomic E-state index is 13.5. The average Bonchev–Trinajstić information content (AvgIpc) is 2.91. The van der Waals surface area contributed by atoms with Crippen LogP contribution in [0.1, 0.15) is 86.8 Å². The quantitative estimate of drug-likeness (QED) is 0.0995. The fourth-order valence-corrected chi connectivity index (χ4v) is 5.20. The number of unbranched alkanes of at least 4 members (excludes halogenated alkanes) is 1. The molecule has 0 fully saturated rings. The lowest BCUT2D eigenvalue weighted by atomic mass is 9.98. The summed E-state index contributed by atoms with van der Waals surface area (Å²) in [5, 5.41) is 3.94. The fraction of sp³-hybridized carbons (Fsp3) is 0.562. The Morgan fingerprint density at radius 1 is 0.978 bits per heavy atom. The first kappa shape index (κ1) is 37.5. The molecule has 13 heteroatoms. The molecule has 0 radical (unpaired) electrons. The molecule has 1 atom stereocenters. The number of anilines is 1. The molecule has 0 aliphatic heterocycles. The van der Waals surface area contributed by atoms with Gasteiger partial charge in [0.25, 0.3) is 0 Å². The highest BCUT2D eigenvalue weighted by molar-refractivity contribution is 5.90. The van der Waals surface area contributed by atoms with Gasteiger partial charge in [-0.2, -0.15) is 26.3 Å². The van der Waals surface area contributed by atoms with Crippen molar-refractivity contribution in [1.82, 2.24) is 10.3 Å². The monoisotopic (exact) mass is 645 g/mol. The SMILES string of the molecule is CCCCc1cc(C)cc(C)c1N(CCCC(C)N(Cc1cc(C(F)(F)F)cc(C(F)(F)F)c1)/C(N)=N/NC)C(=O)OC(C)C. The summed E-state index contributed by atoms with van der Waals surface area (Å²) in [4.78, 5) is 16.4. The molecule has 0 aromatic heterocycles. The van der Waals surface area contributed by atoms with Gasteiger partial charge in [-0.15, -0.1) is 5.10 Å². The highest BCUT2D eigenvalue weighted by Crippen LogP contribution is 2.37. The topological polar surface area (TPSA) is 83.2 Å². The van der Waals surface area contributed by atoms with E-state index in [4.69, 9.17) is 10.5 Å². The molecule has 45 heavy (non-hydrogen) atoms. The van der Waals surface area contributed by atoms with Crippen molar-refractivity contribution in [3.05, 3.63) is 63.7 Å². The average molecular weight is 646 g/mol. The number of ether oxygens (including phenoxy) is 1. The van der Waals surface area contributed by atoms with Crippen molar-refractivity contribution in [3.63, 3.8) is 0 Å².